The van der Waals surface area contributed by atoms with E-state index in [0.717, 1.165) is 24.6 Å². The zero-order chi connectivity index (χ0) is 13.3. The fourth-order valence-corrected chi connectivity index (χ4v) is 2.38. The lowest BCUT2D eigenvalue weighted by Gasteiger charge is -2.40. The van der Waals surface area contributed by atoms with Crippen LogP contribution in [0, 0.1) is 12.3 Å². The maximum Gasteiger partial charge on any atom is 0.231 e. The summed E-state index contributed by atoms with van der Waals surface area (Å²) in [4.78, 5) is 0. The van der Waals surface area contributed by atoms with Crippen LogP contribution in [-0.4, -0.2) is 38.3 Å². The summed E-state index contributed by atoms with van der Waals surface area (Å²) < 4.78 is 15.9. The van der Waals surface area contributed by atoms with Crippen LogP contribution in [0.25, 0.3) is 0 Å². The molecule has 19 heavy (non-hydrogen) atoms. The number of aliphatic hydroxyl groups is 1. The molecule has 0 radical (unpaired) electrons. The molecular formula is C14H19NO4. The number of ether oxygens (including phenoxy) is 3. The summed E-state index contributed by atoms with van der Waals surface area (Å²) in [5, 5.41) is 12.7. The van der Waals surface area contributed by atoms with Crippen molar-refractivity contribution in [1.82, 2.24) is 5.32 Å². The monoisotopic (exact) mass is 265 g/mol. The number of nitrogens with one attached hydrogen (secondary N) is 1. The molecule has 104 valence electrons. The fourth-order valence-electron chi connectivity index (χ4n) is 2.38. The number of aliphatic hydroxyl groups excluding tert-OH is 1. The first-order valence-corrected chi connectivity index (χ1v) is 6.51. The van der Waals surface area contributed by atoms with E-state index in [9.17, 15) is 5.11 Å². The van der Waals surface area contributed by atoms with E-state index in [4.69, 9.17) is 14.2 Å². The average Bonchev–Trinajstić information content (AvgIpc) is 2.79. The smallest absolute Gasteiger partial charge is 0.231 e. The molecule has 1 saturated heterocycles. The number of hydrogen-bond acceptors (Lipinski definition) is 5. The highest BCUT2D eigenvalue weighted by Crippen LogP contribution is 2.34. The average molecular weight is 265 g/mol. The molecule has 0 amide bonds. The van der Waals surface area contributed by atoms with Gasteiger partial charge in [-0.25, -0.2) is 0 Å². The summed E-state index contributed by atoms with van der Waals surface area (Å²) in [6.45, 7) is 5.32. The molecule has 1 aromatic carbocycles. The Morgan fingerprint density at radius 1 is 1.26 bits per heavy atom. The highest BCUT2D eigenvalue weighted by atomic mass is 16.7. The zero-order valence-corrected chi connectivity index (χ0v) is 11.1. The van der Waals surface area contributed by atoms with E-state index < -0.39 is 0 Å². The highest BCUT2D eigenvalue weighted by Gasteiger charge is 2.37. The summed E-state index contributed by atoms with van der Waals surface area (Å²) in [6.07, 6.45) is 0. The molecule has 2 N–H and O–H groups in total. The van der Waals surface area contributed by atoms with E-state index in [1.807, 2.05) is 12.1 Å². The van der Waals surface area contributed by atoms with Crippen molar-refractivity contribution in [3.05, 3.63) is 23.3 Å². The van der Waals surface area contributed by atoms with Crippen molar-refractivity contribution < 1.29 is 19.3 Å². The minimum absolute atomic E-state index is 0.0930. The minimum Gasteiger partial charge on any atom is -0.454 e. The van der Waals surface area contributed by atoms with Crippen molar-refractivity contribution in [2.24, 2.45) is 5.41 Å². The first-order valence-electron chi connectivity index (χ1n) is 6.51. The van der Waals surface area contributed by atoms with Crippen molar-refractivity contribution in [1.29, 1.82) is 0 Å². The SMILES string of the molecule is Cc1cc2c(cc1CNCC1(CO)COC1)OCO2. The molecule has 0 saturated carbocycles. The van der Waals surface area contributed by atoms with E-state index in [1.54, 1.807) is 0 Å². The number of benzene rings is 1. The summed E-state index contributed by atoms with van der Waals surface area (Å²) in [7, 11) is 0. The van der Waals surface area contributed by atoms with Crippen LogP contribution in [0.4, 0.5) is 0 Å². The quantitative estimate of drug-likeness (QED) is 0.825. The first kappa shape index (κ1) is 12.7. The van der Waals surface area contributed by atoms with E-state index in [-0.39, 0.29) is 12.0 Å². The van der Waals surface area contributed by atoms with Gasteiger partial charge in [0.1, 0.15) is 0 Å². The third-order valence-electron chi connectivity index (χ3n) is 3.80. The molecule has 5 nitrogen and oxygen atoms in total. The second-order valence-electron chi connectivity index (χ2n) is 5.39. The van der Waals surface area contributed by atoms with Gasteiger partial charge < -0.3 is 24.6 Å². The Morgan fingerprint density at radius 2 is 2.00 bits per heavy atom. The standard InChI is InChI=1S/C14H19NO4/c1-10-2-12-13(19-9-18-12)3-11(10)4-15-5-14(6-16)7-17-8-14/h2-3,15-16H,4-9H2,1H3. The van der Waals surface area contributed by atoms with Gasteiger partial charge in [-0.05, 0) is 30.2 Å². The topological polar surface area (TPSA) is 60.0 Å². The first-order chi connectivity index (χ1) is 9.22. The Kier molecular flexibility index (Phi) is 3.35. The van der Waals surface area contributed by atoms with Crippen molar-refractivity contribution in [3.63, 3.8) is 0 Å². The van der Waals surface area contributed by atoms with E-state index >= 15 is 0 Å². The minimum atomic E-state index is -0.0930. The highest BCUT2D eigenvalue weighted by molar-refractivity contribution is 5.48. The molecule has 2 aliphatic heterocycles. The van der Waals surface area contributed by atoms with Crippen LogP contribution < -0.4 is 14.8 Å². The van der Waals surface area contributed by atoms with Gasteiger partial charge in [-0.3, -0.25) is 0 Å². The van der Waals surface area contributed by atoms with Crippen LogP contribution in [-0.2, 0) is 11.3 Å². The number of fused-ring (bicyclic) bond motifs is 1. The molecule has 3 rings (SSSR count). The van der Waals surface area contributed by atoms with Gasteiger partial charge in [0.25, 0.3) is 0 Å². The largest absolute Gasteiger partial charge is 0.454 e. The van der Waals surface area contributed by atoms with Crippen molar-refractivity contribution in [2.45, 2.75) is 13.5 Å². The van der Waals surface area contributed by atoms with Gasteiger partial charge in [-0.2, -0.15) is 0 Å². The van der Waals surface area contributed by atoms with Crippen LogP contribution >= 0.6 is 0 Å². The van der Waals surface area contributed by atoms with E-state index in [2.05, 4.69) is 12.2 Å². The third-order valence-corrected chi connectivity index (χ3v) is 3.80. The van der Waals surface area contributed by atoms with Gasteiger partial charge in [0, 0.05) is 13.1 Å². The van der Waals surface area contributed by atoms with Gasteiger partial charge in [0.2, 0.25) is 6.79 Å². The fraction of sp³-hybridized carbons (Fsp3) is 0.571. The molecule has 0 aromatic heterocycles. The molecule has 0 aliphatic carbocycles. The molecule has 0 bridgehead atoms. The van der Waals surface area contributed by atoms with Crippen molar-refractivity contribution in [2.75, 3.05) is 33.2 Å². The molecule has 2 heterocycles. The number of aryl methyl sites for hydroxylation is 1. The molecular weight excluding hydrogens is 246 g/mol. The second kappa shape index (κ2) is 5.00. The summed E-state index contributed by atoms with van der Waals surface area (Å²) in [5.41, 5.74) is 2.28. The zero-order valence-electron chi connectivity index (χ0n) is 11.1. The third kappa shape index (κ3) is 2.41. The van der Waals surface area contributed by atoms with E-state index in [0.29, 0.717) is 20.0 Å². The van der Waals surface area contributed by atoms with Crippen LogP contribution in [0.2, 0.25) is 0 Å². The Bertz CT molecular complexity index is 465. The molecule has 1 fully saturated rings. The van der Waals surface area contributed by atoms with Gasteiger partial charge >= 0.3 is 0 Å². The Hall–Kier alpha value is -1.30. The van der Waals surface area contributed by atoms with Crippen molar-refractivity contribution in [3.8, 4) is 11.5 Å². The van der Waals surface area contributed by atoms with Gasteiger partial charge in [0.05, 0.1) is 25.2 Å². The molecule has 1 aromatic rings. The lowest BCUT2D eigenvalue weighted by molar-refractivity contribution is -0.134. The summed E-state index contributed by atoms with van der Waals surface area (Å²) in [5.74, 6) is 1.63. The maximum absolute atomic E-state index is 9.36. The lowest BCUT2D eigenvalue weighted by Crippen LogP contribution is -2.52. The molecule has 0 unspecified atom stereocenters. The number of hydrogen-bond donors (Lipinski definition) is 2. The van der Waals surface area contributed by atoms with Gasteiger partial charge in [-0.1, -0.05) is 0 Å². The summed E-state index contributed by atoms with van der Waals surface area (Å²) in [6, 6.07) is 4.03. The molecule has 2 aliphatic rings. The van der Waals surface area contributed by atoms with Crippen LogP contribution in [0.3, 0.4) is 0 Å². The number of rotatable bonds is 5. The Labute approximate surface area is 112 Å². The van der Waals surface area contributed by atoms with Crippen molar-refractivity contribution >= 4 is 0 Å². The Balaban J connectivity index is 1.61. The molecule has 0 atom stereocenters. The van der Waals surface area contributed by atoms with Gasteiger partial charge in [0.15, 0.2) is 11.5 Å². The summed E-state index contributed by atoms with van der Waals surface area (Å²) >= 11 is 0. The van der Waals surface area contributed by atoms with Crippen LogP contribution in [0.15, 0.2) is 12.1 Å². The molecule has 5 heteroatoms. The predicted octanol–water partition coefficient (Wildman–Crippen LogP) is 0.822. The maximum atomic E-state index is 9.36. The van der Waals surface area contributed by atoms with Gasteiger partial charge in [-0.15, -0.1) is 0 Å². The van der Waals surface area contributed by atoms with Crippen LogP contribution in [0.5, 0.6) is 11.5 Å². The van der Waals surface area contributed by atoms with Crippen LogP contribution in [0.1, 0.15) is 11.1 Å². The predicted molar refractivity (Wildman–Crippen MR) is 69.3 cm³/mol. The molecule has 0 spiro atoms. The normalized spacial score (nSPS) is 19.3. The van der Waals surface area contributed by atoms with E-state index in [1.165, 1.54) is 11.1 Å². The Morgan fingerprint density at radius 3 is 2.63 bits per heavy atom. The second-order valence-corrected chi connectivity index (χ2v) is 5.39. The lowest BCUT2D eigenvalue weighted by atomic mass is 9.87.